The normalized spacial score (nSPS) is 17.2. The maximum Gasteiger partial charge on any atom is 0.213 e. The van der Waals surface area contributed by atoms with Crippen molar-refractivity contribution >= 4 is 29.7 Å². The summed E-state index contributed by atoms with van der Waals surface area (Å²) < 4.78 is 17.5. The molecule has 0 spiro atoms. The van der Waals surface area contributed by atoms with Crippen LogP contribution in [0.2, 0.25) is 0 Å². The highest BCUT2D eigenvalue weighted by Crippen LogP contribution is 2.30. The molecule has 1 saturated carbocycles. The predicted octanol–water partition coefficient (Wildman–Crippen LogP) is 6.76. The molecule has 2 saturated heterocycles. The number of rotatable bonds is 14. The summed E-state index contributed by atoms with van der Waals surface area (Å²) in [5, 5.41) is 3.17. The Hall–Kier alpha value is -3.62. The van der Waals surface area contributed by atoms with Crippen LogP contribution in [0.25, 0.3) is 0 Å². The number of Topliss-reactive ketones (excluding diaryl/α,β-unsaturated/α-hetero) is 2. The second-order valence-electron chi connectivity index (χ2n) is 12.9. The van der Waals surface area contributed by atoms with Crippen LogP contribution in [0.15, 0.2) is 66.9 Å². The Balaban J connectivity index is 0.000000230. The minimum absolute atomic E-state index is 0. The number of benzene rings is 2. The molecule has 2 aliphatic heterocycles. The van der Waals surface area contributed by atoms with Gasteiger partial charge < -0.3 is 34.0 Å². The molecule has 1 aliphatic carbocycles. The highest BCUT2D eigenvalue weighted by atomic mass is 35.5. The molecule has 0 bridgehead atoms. The number of nitrogens with zero attached hydrogens (tertiary/aromatic N) is 2. The average molecular weight is 650 g/mol. The van der Waals surface area contributed by atoms with E-state index in [9.17, 15) is 9.59 Å². The number of hydrogen-bond donors (Lipinski definition) is 1. The molecular formula is C37H48ClN3O5. The molecular weight excluding hydrogens is 602 g/mol. The Kier molecular flexibility index (Phi) is 12.9. The van der Waals surface area contributed by atoms with Gasteiger partial charge in [0, 0.05) is 32.0 Å². The summed E-state index contributed by atoms with van der Waals surface area (Å²) in [5.41, 5.74) is 3.47. The van der Waals surface area contributed by atoms with Crippen LogP contribution in [-0.2, 0) is 9.59 Å². The van der Waals surface area contributed by atoms with Crippen molar-refractivity contribution in [3.63, 3.8) is 0 Å². The Morgan fingerprint density at radius 1 is 0.804 bits per heavy atom. The molecule has 9 heteroatoms. The van der Waals surface area contributed by atoms with E-state index >= 15 is 0 Å². The fourth-order valence-electron chi connectivity index (χ4n) is 5.43. The van der Waals surface area contributed by atoms with Crippen molar-refractivity contribution in [3.8, 4) is 17.4 Å². The van der Waals surface area contributed by atoms with Gasteiger partial charge in [0.25, 0.3) is 0 Å². The quantitative estimate of drug-likeness (QED) is 0.205. The van der Waals surface area contributed by atoms with Crippen LogP contribution in [-0.4, -0.2) is 61.5 Å². The van der Waals surface area contributed by atoms with Gasteiger partial charge in [-0.3, -0.25) is 0 Å². The highest BCUT2D eigenvalue weighted by Gasteiger charge is 2.29. The zero-order valence-electron chi connectivity index (χ0n) is 27.4. The van der Waals surface area contributed by atoms with Gasteiger partial charge >= 0.3 is 0 Å². The first-order chi connectivity index (χ1) is 21.7. The minimum atomic E-state index is 0. The Morgan fingerprint density at radius 2 is 1.33 bits per heavy atom. The van der Waals surface area contributed by atoms with Crippen LogP contribution in [0.3, 0.4) is 0 Å². The summed E-state index contributed by atoms with van der Waals surface area (Å²) in [6.07, 6.45) is 6.13. The zero-order valence-corrected chi connectivity index (χ0v) is 28.3. The van der Waals surface area contributed by atoms with Crippen LogP contribution in [0.4, 0.5) is 5.69 Å². The first-order valence-corrected chi connectivity index (χ1v) is 16.3. The molecule has 6 rings (SSSR count). The molecule has 3 heterocycles. The topological polar surface area (TPSA) is 90.0 Å². The zero-order chi connectivity index (χ0) is 31.8. The third kappa shape index (κ3) is 10.7. The number of carbonyl (C=O) groups excluding carboxylic acids is 2. The minimum Gasteiger partial charge on any atom is -0.488 e. The van der Waals surface area contributed by atoms with E-state index in [1.807, 2.05) is 36.5 Å². The van der Waals surface area contributed by atoms with Gasteiger partial charge in [-0.15, -0.1) is 12.4 Å². The molecule has 2 atom stereocenters. The van der Waals surface area contributed by atoms with E-state index in [0.29, 0.717) is 24.8 Å². The van der Waals surface area contributed by atoms with Crippen molar-refractivity contribution in [1.29, 1.82) is 0 Å². The van der Waals surface area contributed by atoms with Crippen molar-refractivity contribution in [1.82, 2.24) is 10.3 Å². The van der Waals surface area contributed by atoms with Crippen LogP contribution in [0.1, 0.15) is 76.3 Å². The summed E-state index contributed by atoms with van der Waals surface area (Å²) in [7, 11) is 0. The molecule has 0 radical (unpaired) electrons. The number of halogens is 1. The van der Waals surface area contributed by atoms with Crippen LogP contribution < -0.4 is 24.4 Å². The maximum absolute atomic E-state index is 11.3. The lowest BCUT2D eigenvalue weighted by Gasteiger charge is -2.40. The smallest absolute Gasteiger partial charge is 0.213 e. The van der Waals surface area contributed by atoms with Crippen molar-refractivity contribution in [2.75, 3.05) is 37.7 Å². The molecule has 0 amide bonds. The van der Waals surface area contributed by atoms with Gasteiger partial charge in [0.2, 0.25) is 5.88 Å². The first kappa shape index (κ1) is 35.2. The van der Waals surface area contributed by atoms with Gasteiger partial charge in [0.05, 0.1) is 31.6 Å². The van der Waals surface area contributed by atoms with Crippen molar-refractivity contribution < 1.29 is 23.8 Å². The van der Waals surface area contributed by atoms with Gasteiger partial charge in [-0.05, 0) is 85.9 Å². The molecule has 3 aromatic rings. The Bertz CT molecular complexity index is 1390. The number of ether oxygens (including phenoxy) is 3. The fourth-order valence-corrected chi connectivity index (χ4v) is 5.43. The molecule has 2 aromatic carbocycles. The summed E-state index contributed by atoms with van der Waals surface area (Å²) in [4.78, 5) is 29.0. The molecule has 248 valence electrons. The summed E-state index contributed by atoms with van der Waals surface area (Å²) in [6, 6.07) is 20.2. The number of hydrogen-bond acceptors (Lipinski definition) is 8. The second kappa shape index (κ2) is 16.8. The van der Waals surface area contributed by atoms with E-state index in [1.54, 1.807) is 13.8 Å². The first-order valence-electron chi connectivity index (χ1n) is 16.3. The molecule has 1 N–H and O–H groups in total. The molecule has 46 heavy (non-hydrogen) atoms. The summed E-state index contributed by atoms with van der Waals surface area (Å²) in [5.74, 6) is 4.23. The summed E-state index contributed by atoms with van der Waals surface area (Å²) in [6.45, 7) is 11.8. The number of ketones is 2. The molecule has 8 nitrogen and oxygen atoms in total. The largest absolute Gasteiger partial charge is 0.488 e. The predicted molar refractivity (Wildman–Crippen MR) is 184 cm³/mol. The maximum atomic E-state index is 11.3. The second-order valence-corrected chi connectivity index (χ2v) is 12.9. The lowest BCUT2D eigenvalue weighted by molar-refractivity contribution is -0.118. The number of carbonyl (C=O) groups is 2. The average Bonchev–Trinajstić information content (AvgIpc) is 3.81. The van der Waals surface area contributed by atoms with Gasteiger partial charge in [-0.2, -0.15) is 0 Å². The third-order valence-corrected chi connectivity index (χ3v) is 8.53. The van der Waals surface area contributed by atoms with E-state index in [2.05, 4.69) is 59.4 Å². The van der Waals surface area contributed by atoms with Crippen molar-refractivity contribution in [3.05, 3.63) is 78.0 Å². The van der Waals surface area contributed by atoms with E-state index in [1.165, 1.54) is 24.0 Å². The Labute approximate surface area is 279 Å². The number of aromatic nitrogens is 1. The van der Waals surface area contributed by atoms with Crippen LogP contribution in [0, 0.1) is 5.92 Å². The number of nitrogens with one attached hydrogen (secondary N) is 1. The standard InChI is InChI=1S/C23H28N2O3.C14H19NO2.ClH/c1-16(11-17(2)26)19-5-8-21(9-6-19)28-22-13-25(14-22)20-7-10-23(24-12-20)27-15-18-3-4-18;1-10(7-11(2)16)12-3-5-13(6-4-12)17-14-8-15-9-14;/h5-10,12,16,18,22H,3-4,11,13-15H2,1-2H3;3-6,10,14-15H,7-9H2,1-2H3;1H/t16-;10-;/m11./s1. The SMILES string of the molecule is CC(=O)C[C@@H](C)c1ccc(OC2CN(c3ccc(OCC4CC4)nc3)C2)cc1.CC(=O)C[C@@H](C)c1ccc(OC2CNC2)cc1.Cl. The summed E-state index contributed by atoms with van der Waals surface area (Å²) >= 11 is 0. The highest BCUT2D eigenvalue weighted by molar-refractivity contribution is 5.85. The van der Waals surface area contributed by atoms with E-state index in [4.69, 9.17) is 14.2 Å². The molecule has 3 fully saturated rings. The van der Waals surface area contributed by atoms with Crippen LogP contribution in [0.5, 0.6) is 17.4 Å². The number of pyridine rings is 1. The van der Waals surface area contributed by atoms with Gasteiger partial charge in [0.15, 0.2) is 0 Å². The monoisotopic (exact) mass is 649 g/mol. The lowest BCUT2D eigenvalue weighted by Crippen LogP contribution is -2.54. The van der Waals surface area contributed by atoms with Gasteiger partial charge in [-0.25, -0.2) is 4.98 Å². The molecule has 1 aromatic heterocycles. The van der Waals surface area contributed by atoms with E-state index in [-0.39, 0.29) is 41.9 Å². The van der Waals surface area contributed by atoms with E-state index in [0.717, 1.165) is 55.9 Å². The van der Waals surface area contributed by atoms with Gasteiger partial charge in [0.1, 0.15) is 35.3 Å². The Morgan fingerprint density at radius 3 is 1.74 bits per heavy atom. The van der Waals surface area contributed by atoms with Crippen LogP contribution >= 0.6 is 12.4 Å². The lowest BCUT2D eigenvalue weighted by atomic mass is 9.96. The fraction of sp³-hybridized carbons (Fsp3) is 0.486. The van der Waals surface area contributed by atoms with Crippen molar-refractivity contribution in [2.45, 2.75) is 77.4 Å². The van der Waals surface area contributed by atoms with E-state index < -0.39 is 0 Å². The van der Waals surface area contributed by atoms with Crippen molar-refractivity contribution in [2.24, 2.45) is 5.92 Å². The third-order valence-electron chi connectivity index (χ3n) is 8.53. The van der Waals surface area contributed by atoms with Gasteiger partial charge in [-0.1, -0.05) is 38.1 Å². The number of anilines is 1. The molecule has 0 unspecified atom stereocenters. The molecule has 3 aliphatic rings.